The smallest absolute Gasteiger partial charge is 0.0554 e. The molecular weight excluding hydrogens is 290 g/mol. The molecule has 0 saturated carbocycles. The minimum Gasteiger partial charge on any atom is -0.377 e. The average Bonchev–Trinajstić information content (AvgIpc) is 3.04. The van der Waals surface area contributed by atoms with E-state index in [9.17, 15) is 0 Å². The van der Waals surface area contributed by atoms with Crippen molar-refractivity contribution in [3.63, 3.8) is 0 Å². The van der Waals surface area contributed by atoms with Gasteiger partial charge < -0.3 is 5.32 Å². The van der Waals surface area contributed by atoms with E-state index in [0.29, 0.717) is 17.9 Å². The minimum atomic E-state index is 0.359. The lowest BCUT2D eigenvalue weighted by Gasteiger charge is -2.38. The van der Waals surface area contributed by atoms with Crippen LogP contribution < -0.4 is 5.32 Å². The summed E-state index contributed by atoms with van der Waals surface area (Å²) in [6, 6.07) is 15.4. The topological polar surface area (TPSA) is 12.0 Å². The second-order valence-corrected chi connectivity index (χ2v) is 6.70. The van der Waals surface area contributed by atoms with Crippen LogP contribution in [0.5, 0.6) is 0 Å². The molecule has 1 nitrogen and oxygen atoms in total. The van der Waals surface area contributed by atoms with Gasteiger partial charge in [0.25, 0.3) is 0 Å². The highest BCUT2D eigenvalue weighted by Crippen LogP contribution is 2.50. The van der Waals surface area contributed by atoms with Gasteiger partial charge in [-0.05, 0) is 47.6 Å². The van der Waals surface area contributed by atoms with E-state index in [4.69, 9.17) is 11.6 Å². The number of hydrogen-bond donors (Lipinski definition) is 1. The lowest BCUT2D eigenvalue weighted by molar-refractivity contribution is 0.425. The van der Waals surface area contributed by atoms with Gasteiger partial charge in [0.2, 0.25) is 0 Å². The Kier molecular flexibility index (Phi) is 3.46. The first-order valence-electron chi connectivity index (χ1n) is 8.08. The van der Waals surface area contributed by atoms with Crippen molar-refractivity contribution in [1.29, 1.82) is 0 Å². The highest BCUT2D eigenvalue weighted by molar-refractivity contribution is 6.30. The molecule has 112 valence electrons. The largest absolute Gasteiger partial charge is 0.377 e. The molecule has 2 aromatic rings. The van der Waals surface area contributed by atoms with Crippen LogP contribution in [0.25, 0.3) is 0 Å². The van der Waals surface area contributed by atoms with Crippen LogP contribution in [0, 0.1) is 5.92 Å². The molecule has 0 radical (unpaired) electrons. The van der Waals surface area contributed by atoms with Gasteiger partial charge in [-0.15, -0.1) is 0 Å². The summed E-state index contributed by atoms with van der Waals surface area (Å²) in [4.78, 5) is 0. The molecule has 2 aliphatic rings. The Labute approximate surface area is 137 Å². The van der Waals surface area contributed by atoms with Crippen LogP contribution >= 0.6 is 11.6 Å². The molecule has 2 aromatic carbocycles. The van der Waals surface area contributed by atoms with Crippen LogP contribution in [-0.2, 0) is 6.42 Å². The van der Waals surface area contributed by atoms with Crippen molar-refractivity contribution >= 4 is 17.3 Å². The Bertz CT molecular complexity index is 717. The second-order valence-electron chi connectivity index (χ2n) is 6.26. The first-order chi connectivity index (χ1) is 10.8. The number of para-hydroxylation sites is 1. The molecule has 22 heavy (non-hydrogen) atoms. The molecule has 0 fully saturated rings. The summed E-state index contributed by atoms with van der Waals surface area (Å²) >= 11 is 6.06. The number of anilines is 1. The molecule has 3 atom stereocenters. The Balaban J connectivity index is 1.81. The van der Waals surface area contributed by atoms with Crippen molar-refractivity contribution in [1.82, 2.24) is 0 Å². The number of benzene rings is 2. The van der Waals surface area contributed by atoms with Crippen LogP contribution in [0.4, 0.5) is 5.69 Å². The summed E-state index contributed by atoms with van der Waals surface area (Å²) in [5.41, 5.74) is 5.55. The molecule has 0 bridgehead atoms. The van der Waals surface area contributed by atoms with Gasteiger partial charge in [0.1, 0.15) is 0 Å². The predicted octanol–water partition coefficient (Wildman–Crippen LogP) is 5.73. The van der Waals surface area contributed by atoms with Crippen LogP contribution in [0.15, 0.2) is 54.6 Å². The molecule has 1 heterocycles. The molecule has 1 aliphatic carbocycles. The van der Waals surface area contributed by atoms with Crippen molar-refractivity contribution in [2.45, 2.75) is 31.7 Å². The first kappa shape index (κ1) is 13.9. The summed E-state index contributed by atoms with van der Waals surface area (Å²) in [5.74, 6) is 1.13. The Morgan fingerprint density at radius 1 is 1.14 bits per heavy atom. The van der Waals surface area contributed by atoms with E-state index in [0.717, 1.165) is 17.9 Å². The minimum absolute atomic E-state index is 0.359. The van der Waals surface area contributed by atoms with Gasteiger partial charge in [-0.1, -0.05) is 61.0 Å². The van der Waals surface area contributed by atoms with Crippen molar-refractivity contribution in [3.8, 4) is 0 Å². The molecule has 1 N–H and O–H groups in total. The fourth-order valence-electron chi connectivity index (χ4n) is 3.98. The highest BCUT2D eigenvalue weighted by atomic mass is 35.5. The lowest BCUT2D eigenvalue weighted by atomic mass is 9.76. The molecule has 1 aliphatic heterocycles. The average molecular weight is 310 g/mol. The van der Waals surface area contributed by atoms with E-state index < -0.39 is 0 Å². The Hall–Kier alpha value is -1.73. The van der Waals surface area contributed by atoms with Crippen LogP contribution in [-0.4, -0.2) is 0 Å². The van der Waals surface area contributed by atoms with E-state index in [2.05, 4.69) is 54.7 Å². The maximum Gasteiger partial charge on any atom is 0.0554 e. The lowest BCUT2D eigenvalue weighted by Crippen LogP contribution is -2.29. The SMILES string of the molecule is CCc1cccc2c1N[C@H](c1ccc(Cl)cc1)[C@@H]1CC=C[C@@H]21. The molecule has 0 saturated heterocycles. The van der Waals surface area contributed by atoms with Gasteiger partial charge in [-0.3, -0.25) is 0 Å². The van der Waals surface area contributed by atoms with Crippen LogP contribution in [0.1, 0.15) is 42.0 Å². The summed E-state index contributed by atoms with van der Waals surface area (Å²) in [6.07, 6.45) is 6.94. The third kappa shape index (κ3) is 2.16. The number of nitrogens with one attached hydrogen (secondary N) is 1. The van der Waals surface area contributed by atoms with E-state index in [1.54, 1.807) is 0 Å². The summed E-state index contributed by atoms with van der Waals surface area (Å²) < 4.78 is 0. The fourth-order valence-corrected chi connectivity index (χ4v) is 4.11. The number of fused-ring (bicyclic) bond motifs is 3. The van der Waals surface area contributed by atoms with Crippen molar-refractivity contribution < 1.29 is 0 Å². The molecule has 0 aromatic heterocycles. The van der Waals surface area contributed by atoms with Crippen LogP contribution in [0.2, 0.25) is 5.02 Å². The molecular formula is C20H20ClN. The van der Waals surface area contributed by atoms with E-state index >= 15 is 0 Å². The van der Waals surface area contributed by atoms with Gasteiger partial charge in [0.15, 0.2) is 0 Å². The standard InChI is InChI=1S/C20H20ClN/c1-2-13-5-3-7-17-16-6-4-8-18(16)20(22-19(13)17)14-9-11-15(21)12-10-14/h3-7,9-12,16,18,20,22H,2,8H2,1H3/t16-,18+,20+/m0/s1. The highest BCUT2D eigenvalue weighted by Gasteiger charge is 2.38. The molecule has 0 spiro atoms. The van der Waals surface area contributed by atoms with Crippen molar-refractivity contribution in [2.24, 2.45) is 5.92 Å². The molecule has 0 unspecified atom stereocenters. The van der Waals surface area contributed by atoms with E-state index in [1.807, 2.05) is 12.1 Å². The maximum absolute atomic E-state index is 6.06. The first-order valence-corrected chi connectivity index (χ1v) is 8.46. The summed E-state index contributed by atoms with van der Waals surface area (Å²) in [6.45, 7) is 2.23. The number of aryl methyl sites for hydroxylation is 1. The number of allylic oxidation sites excluding steroid dienone is 2. The third-order valence-electron chi connectivity index (χ3n) is 5.09. The third-order valence-corrected chi connectivity index (χ3v) is 5.35. The normalized spacial score (nSPS) is 25.5. The van der Waals surface area contributed by atoms with Gasteiger partial charge in [-0.2, -0.15) is 0 Å². The van der Waals surface area contributed by atoms with Crippen molar-refractivity contribution in [2.75, 3.05) is 5.32 Å². The van der Waals surface area contributed by atoms with E-state index in [-0.39, 0.29) is 0 Å². The quantitative estimate of drug-likeness (QED) is 0.699. The van der Waals surface area contributed by atoms with E-state index in [1.165, 1.54) is 22.4 Å². The second kappa shape index (κ2) is 5.48. The zero-order valence-electron chi connectivity index (χ0n) is 12.7. The van der Waals surface area contributed by atoms with Gasteiger partial charge in [0.05, 0.1) is 6.04 Å². The van der Waals surface area contributed by atoms with Gasteiger partial charge >= 0.3 is 0 Å². The Morgan fingerprint density at radius 2 is 1.95 bits per heavy atom. The molecule has 4 rings (SSSR count). The zero-order valence-corrected chi connectivity index (χ0v) is 13.5. The van der Waals surface area contributed by atoms with Crippen LogP contribution in [0.3, 0.4) is 0 Å². The predicted molar refractivity (Wildman–Crippen MR) is 93.6 cm³/mol. The number of rotatable bonds is 2. The Morgan fingerprint density at radius 3 is 2.73 bits per heavy atom. The summed E-state index contributed by atoms with van der Waals surface area (Å²) in [7, 11) is 0. The number of hydrogen-bond acceptors (Lipinski definition) is 1. The summed E-state index contributed by atoms with van der Waals surface area (Å²) in [5, 5.41) is 4.64. The monoisotopic (exact) mass is 309 g/mol. The maximum atomic E-state index is 6.06. The molecule has 0 amide bonds. The van der Waals surface area contributed by atoms with Crippen molar-refractivity contribution in [3.05, 3.63) is 76.3 Å². The van der Waals surface area contributed by atoms with Gasteiger partial charge in [-0.25, -0.2) is 0 Å². The number of halogens is 1. The van der Waals surface area contributed by atoms with Gasteiger partial charge in [0, 0.05) is 16.6 Å². The molecule has 2 heteroatoms. The zero-order chi connectivity index (χ0) is 15.1. The fraction of sp³-hybridized carbons (Fsp3) is 0.300.